The molecule has 1 heterocycles. The maximum Gasteiger partial charge on any atom is 0.307 e. The van der Waals surface area contributed by atoms with Gasteiger partial charge in [0.15, 0.2) is 0 Å². The number of rotatable bonds is 2. The molecular formula is C6H9IO3. The molecule has 0 spiro atoms. The fourth-order valence-corrected chi connectivity index (χ4v) is 1.81. The van der Waals surface area contributed by atoms with Crippen LogP contribution in [0.5, 0.6) is 0 Å². The van der Waals surface area contributed by atoms with E-state index in [1.54, 1.807) is 0 Å². The van der Waals surface area contributed by atoms with Crippen LogP contribution in [0.25, 0.3) is 0 Å². The van der Waals surface area contributed by atoms with E-state index in [9.17, 15) is 4.79 Å². The number of alkyl halides is 1. The lowest BCUT2D eigenvalue weighted by Gasteiger charge is -2.09. The lowest BCUT2D eigenvalue weighted by molar-refractivity contribution is -0.141. The number of halogens is 1. The van der Waals surface area contributed by atoms with E-state index < -0.39 is 0 Å². The molecule has 0 aromatic carbocycles. The van der Waals surface area contributed by atoms with Gasteiger partial charge >= 0.3 is 5.97 Å². The van der Waals surface area contributed by atoms with E-state index in [1.807, 2.05) is 0 Å². The fraction of sp³-hybridized carbons (Fsp3) is 0.833. The molecule has 1 unspecified atom stereocenters. The van der Waals surface area contributed by atoms with Crippen LogP contribution in [0.2, 0.25) is 0 Å². The Bertz CT molecular complexity index is 137. The van der Waals surface area contributed by atoms with E-state index in [0.29, 0.717) is 12.8 Å². The smallest absolute Gasteiger partial charge is 0.307 e. The lowest BCUT2D eigenvalue weighted by atomic mass is 10.2. The zero-order valence-electron chi connectivity index (χ0n) is 5.42. The molecule has 0 amide bonds. The SMILES string of the molecule is O=C1CC(I)[C@@H](CCO)O1. The predicted molar refractivity (Wildman–Crippen MR) is 44.0 cm³/mol. The number of esters is 1. The van der Waals surface area contributed by atoms with Crippen molar-refractivity contribution < 1.29 is 14.6 Å². The number of carbonyl (C=O) groups excluding carboxylic acids is 1. The molecule has 0 saturated carbocycles. The van der Waals surface area contributed by atoms with Gasteiger partial charge in [0.2, 0.25) is 0 Å². The summed E-state index contributed by atoms with van der Waals surface area (Å²) in [5, 5.41) is 8.54. The molecule has 4 heteroatoms. The van der Waals surface area contributed by atoms with E-state index in [4.69, 9.17) is 9.84 Å². The summed E-state index contributed by atoms with van der Waals surface area (Å²) in [4.78, 5) is 10.6. The summed E-state index contributed by atoms with van der Waals surface area (Å²) >= 11 is 2.18. The highest BCUT2D eigenvalue weighted by Gasteiger charge is 2.31. The molecule has 0 radical (unpaired) electrons. The zero-order valence-corrected chi connectivity index (χ0v) is 7.58. The molecular weight excluding hydrogens is 247 g/mol. The van der Waals surface area contributed by atoms with E-state index in [2.05, 4.69) is 22.6 Å². The largest absolute Gasteiger partial charge is 0.461 e. The monoisotopic (exact) mass is 256 g/mol. The van der Waals surface area contributed by atoms with Crippen molar-refractivity contribution in [1.29, 1.82) is 0 Å². The number of aliphatic hydroxyl groups is 1. The Hall–Kier alpha value is 0.160. The Kier molecular flexibility index (Phi) is 2.91. The average molecular weight is 256 g/mol. The summed E-state index contributed by atoms with van der Waals surface area (Å²) in [6.07, 6.45) is 1.00. The normalized spacial score (nSPS) is 32.4. The van der Waals surface area contributed by atoms with E-state index >= 15 is 0 Å². The first-order chi connectivity index (χ1) is 4.74. The Balaban J connectivity index is 2.38. The number of cyclic esters (lactones) is 1. The van der Waals surface area contributed by atoms with Gasteiger partial charge in [0.05, 0.1) is 10.3 Å². The lowest BCUT2D eigenvalue weighted by Crippen LogP contribution is -2.16. The molecule has 1 rings (SSSR count). The quantitative estimate of drug-likeness (QED) is 0.444. The van der Waals surface area contributed by atoms with Gasteiger partial charge in [0, 0.05) is 13.0 Å². The Morgan fingerprint density at radius 3 is 2.90 bits per heavy atom. The van der Waals surface area contributed by atoms with Crippen LogP contribution in [0, 0.1) is 0 Å². The topological polar surface area (TPSA) is 46.5 Å². The first-order valence-electron chi connectivity index (χ1n) is 3.18. The van der Waals surface area contributed by atoms with Crippen LogP contribution < -0.4 is 0 Å². The van der Waals surface area contributed by atoms with Crippen LogP contribution in [0.1, 0.15) is 12.8 Å². The molecule has 0 bridgehead atoms. The van der Waals surface area contributed by atoms with Gasteiger partial charge in [-0.05, 0) is 0 Å². The summed E-state index contributed by atoms with van der Waals surface area (Å²) in [6.45, 7) is 0.0947. The van der Waals surface area contributed by atoms with Crippen molar-refractivity contribution in [3.05, 3.63) is 0 Å². The standard InChI is InChI=1S/C6H9IO3/c7-4-3-6(9)10-5(4)1-2-8/h4-5,8H,1-3H2/t4?,5-/m1/s1. The van der Waals surface area contributed by atoms with Crippen molar-refractivity contribution in [3.63, 3.8) is 0 Å². The van der Waals surface area contributed by atoms with Crippen LogP contribution in [-0.2, 0) is 9.53 Å². The molecule has 10 heavy (non-hydrogen) atoms. The van der Waals surface area contributed by atoms with Crippen LogP contribution in [-0.4, -0.2) is 27.7 Å². The van der Waals surface area contributed by atoms with Gasteiger partial charge in [-0.1, -0.05) is 22.6 Å². The van der Waals surface area contributed by atoms with Crippen LogP contribution in [0.3, 0.4) is 0 Å². The molecule has 1 fully saturated rings. The summed E-state index contributed by atoms with van der Waals surface area (Å²) in [5.41, 5.74) is 0. The zero-order chi connectivity index (χ0) is 7.56. The fourth-order valence-electron chi connectivity index (χ4n) is 0.948. The van der Waals surface area contributed by atoms with Gasteiger partial charge in [-0.3, -0.25) is 4.79 Å². The number of aliphatic hydroxyl groups excluding tert-OH is 1. The minimum Gasteiger partial charge on any atom is -0.461 e. The molecule has 58 valence electrons. The Labute approximate surface area is 72.9 Å². The maximum atomic E-state index is 10.6. The minimum atomic E-state index is -0.141. The number of carbonyl (C=O) groups is 1. The molecule has 0 aliphatic carbocycles. The number of hydrogen-bond donors (Lipinski definition) is 1. The van der Waals surface area contributed by atoms with Gasteiger partial charge in [-0.2, -0.15) is 0 Å². The summed E-state index contributed by atoms with van der Waals surface area (Å²) in [7, 11) is 0. The highest BCUT2D eigenvalue weighted by atomic mass is 127. The molecule has 0 aromatic rings. The number of hydrogen-bond acceptors (Lipinski definition) is 3. The third kappa shape index (κ3) is 1.82. The van der Waals surface area contributed by atoms with Gasteiger partial charge < -0.3 is 9.84 Å². The second kappa shape index (κ2) is 3.52. The van der Waals surface area contributed by atoms with Crippen molar-refractivity contribution in [3.8, 4) is 0 Å². The Morgan fingerprint density at radius 2 is 2.50 bits per heavy atom. The van der Waals surface area contributed by atoms with Gasteiger partial charge in [0.1, 0.15) is 6.10 Å². The minimum absolute atomic E-state index is 0.0573. The first-order valence-corrected chi connectivity index (χ1v) is 4.43. The van der Waals surface area contributed by atoms with Crippen molar-refractivity contribution in [2.45, 2.75) is 22.9 Å². The summed E-state index contributed by atoms with van der Waals surface area (Å²) in [5.74, 6) is -0.141. The van der Waals surface area contributed by atoms with Crippen LogP contribution in [0.4, 0.5) is 0 Å². The highest BCUT2D eigenvalue weighted by molar-refractivity contribution is 14.1. The van der Waals surface area contributed by atoms with Crippen molar-refractivity contribution in [2.75, 3.05) is 6.61 Å². The molecule has 1 N–H and O–H groups in total. The van der Waals surface area contributed by atoms with E-state index in [0.717, 1.165) is 0 Å². The molecule has 2 atom stereocenters. The van der Waals surface area contributed by atoms with Gasteiger partial charge in [-0.25, -0.2) is 0 Å². The second-order valence-electron chi connectivity index (χ2n) is 2.26. The third-order valence-corrected chi connectivity index (χ3v) is 2.70. The molecule has 1 saturated heterocycles. The Morgan fingerprint density at radius 1 is 1.80 bits per heavy atom. The molecule has 0 aromatic heterocycles. The summed E-state index contributed by atoms with van der Waals surface area (Å²) < 4.78 is 5.15. The number of ether oxygens (including phenoxy) is 1. The summed E-state index contributed by atoms with van der Waals surface area (Å²) in [6, 6.07) is 0. The highest BCUT2D eigenvalue weighted by Crippen LogP contribution is 2.24. The van der Waals surface area contributed by atoms with Crippen LogP contribution >= 0.6 is 22.6 Å². The van der Waals surface area contributed by atoms with Crippen LogP contribution in [0.15, 0.2) is 0 Å². The molecule has 3 nitrogen and oxygen atoms in total. The van der Waals surface area contributed by atoms with E-state index in [1.165, 1.54) is 0 Å². The first kappa shape index (κ1) is 8.26. The second-order valence-corrected chi connectivity index (χ2v) is 3.86. The van der Waals surface area contributed by atoms with Gasteiger partial charge in [0.25, 0.3) is 0 Å². The molecule has 1 aliphatic rings. The predicted octanol–water partition coefficient (Wildman–Crippen LogP) is 0.488. The molecule has 1 aliphatic heterocycles. The maximum absolute atomic E-state index is 10.6. The third-order valence-electron chi connectivity index (χ3n) is 1.46. The van der Waals surface area contributed by atoms with Crippen molar-refractivity contribution >= 4 is 28.6 Å². The van der Waals surface area contributed by atoms with Crippen molar-refractivity contribution in [1.82, 2.24) is 0 Å². The van der Waals surface area contributed by atoms with Crippen molar-refractivity contribution in [2.24, 2.45) is 0 Å². The average Bonchev–Trinajstić information content (AvgIpc) is 2.13. The van der Waals surface area contributed by atoms with E-state index in [-0.39, 0.29) is 22.6 Å². The van der Waals surface area contributed by atoms with Gasteiger partial charge in [-0.15, -0.1) is 0 Å².